The fourth-order valence-corrected chi connectivity index (χ4v) is 4.63. The molecule has 4 heterocycles. The Hall–Kier alpha value is -2.84. The van der Waals surface area contributed by atoms with E-state index >= 15 is 0 Å². The molecule has 2 aromatic heterocycles. The van der Waals surface area contributed by atoms with Crippen LogP contribution in [-0.4, -0.2) is 33.4 Å². The highest BCUT2D eigenvalue weighted by molar-refractivity contribution is 5.77. The quantitative estimate of drug-likeness (QED) is 0.744. The monoisotopic (exact) mass is 432 g/mol. The van der Waals surface area contributed by atoms with Crippen molar-refractivity contribution in [2.24, 2.45) is 5.92 Å². The van der Waals surface area contributed by atoms with Crippen LogP contribution in [0.25, 0.3) is 0 Å². The number of fused-ring (bicyclic) bond motifs is 1. The van der Waals surface area contributed by atoms with Gasteiger partial charge in [-0.25, -0.2) is 0 Å². The summed E-state index contributed by atoms with van der Waals surface area (Å²) in [5.74, 6) is 0.131. The van der Waals surface area contributed by atoms with Gasteiger partial charge in [-0.05, 0) is 43.0 Å². The number of alkyl halides is 3. The number of nitrogens with zero attached hydrogens (tertiary/aromatic N) is 4. The zero-order valence-corrected chi connectivity index (χ0v) is 17.2. The highest BCUT2D eigenvalue weighted by atomic mass is 19.4. The maximum atomic E-state index is 12.9. The van der Waals surface area contributed by atoms with Crippen molar-refractivity contribution in [1.82, 2.24) is 14.5 Å². The minimum atomic E-state index is -4.47. The number of aryl methyl sites for hydroxylation is 1. The molecular formula is C22H23F3N4O2. The van der Waals surface area contributed by atoms with Gasteiger partial charge in [-0.2, -0.15) is 13.2 Å². The maximum absolute atomic E-state index is 12.9. The van der Waals surface area contributed by atoms with Gasteiger partial charge in [-0.1, -0.05) is 0 Å². The summed E-state index contributed by atoms with van der Waals surface area (Å²) in [5.41, 5.74) is 2.55. The predicted molar refractivity (Wildman–Crippen MR) is 108 cm³/mol. The number of hydrogen-bond acceptors (Lipinski definition) is 4. The van der Waals surface area contributed by atoms with Crippen molar-refractivity contribution in [2.75, 3.05) is 18.0 Å². The van der Waals surface area contributed by atoms with Crippen LogP contribution in [0, 0.1) is 12.8 Å². The van der Waals surface area contributed by atoms with Gasteiger partial charge in [0, 0.05) is 61.7 Å². The second-order valence-electron chi connectivity index (χ2n) is 8.81. The van der Waals surface area contributed by atoms with Gasteiger partial charge in [-0.15, -0.1) is 0 Å². The van der Waals surface area contributed by atoms with Gasteiger partial charge in [0.2, 0.25) is 5.91 Å². The molecule has 0 radical (unpaired) electrons. The lowest BCUT2D eigenvalue weighted by Gasteiger charge is -2.41. The van der Waals surface area contributed by atoms with Crippen LogP contribution in [0.3, 0.4) is 0 Å². The summed E-state index contributed by atoms with van der Waals surface area (Å²) >= 11 is 0. The Balaban J connectivity index is 1.21. The van der Waals surface area contributed by atoms with Crippen molar-refractivity contribution in [3.8, 4) is 0 Å². The molecule has 0 spiro atoms. The average molecular weight is 432 g/mol. The minimum absolute atomic E-state index is 0.0123. The molecule has 0 aromatic carbocycles. The van der Waals surface area contributed by atoms with E-state index in [0.717, 1.165) is 35.7 Å². The van der Waals surface area contributed by atoms with Crippen LogP contribution in [0.2, 0.25) is 0 Å². The first-order valence-corrected chi connectivity index (χ1v) is 10.5. The largest absolute Gasteiger partial charge is 0.433 e. The van der Waals surface area contributed by atoms with Gasteiger partial charge in [-0.3, -0.25) is 14.6 Å². The van der Waals surface area contributed by atoms with Gasteiger partial charge in [0.15, 0.2) is 0 Å². The van der Waals surface area contributed by atoms with E-state index in [1.807, 2.05) is 16.4 Å². The molecule has 2 aliphatic heterocycles. The molecule has 6 nitrogen and oxygen atoms in total. The lowest BCUT2D eigenvalue weighted by molar-refractivity contribution is -0.141. The lowest BCUT2D eigenvalue weighted by atomic mass is 9.95. The van der Waals surface area contributed by atoms with E-state index in [1.165, 1.54) is 6.20 Å². The molecule has 164 valence electrons. The average Bonchev–Trinajstić information content (AvgIpc) is 3.40. The van der Waals surface area contributed by atoms with Crippen molar-refractivity contribution < 1.29 is 18.0 Å². The summed E-state index contributed by atoms with van der Waals surface area (Å²) < 4.78 is 40.5. The number of carbonyl (C=O) groups is 1. The molecule has 0 unspecified atom stereocenters. The number of anilines is 1. The zero-order valence-electron chi connectivity index (χ0n) is 17.2. The summed E-state index contributed by atoms with van der Waals surface area (Å²) in [6.45, 7) is 3.97. The van der Waals surface area contributed by atoms with Crippen molar-refractivity contribution in [2.45, 2.75) is 51.5 Å². The summed E-state index contributed by atoms with van der Waals surface area (Å²) in [5, 5.41) is 0. The minimum Gasteiger partial charge on any atom is -0.371 e. The van der Waals surface area contributed by atoms with Crippen LogP contribution in [0.1, 0.15) is 47.8 Å². The van der Waals surface area contributed by atoms with Gasteiger partial charge in [0.05, 0.1) is 6.54 Å². The second kappa shape index (κ2) is 7.10. The van der Waals surface area contributed by atoms with Crippen LogP contribution in [-0.2, 0) is 24.1 Å². The molecule has 1 amide bonds. The van der Waals surface area contributed by atoms with Crippen molar-refractivity contribution in [3.05, 3.63) is 57.3 Å². The third-order valence-corrected chi connectivity index (χ3v) is 6.47. The van der Waals surface area contributed by atoms with Crippen LogP contribution in [0.5, 0.6) is 0 Å². The molecule has 1 aliphatic carbocycles. The SMILES string of the molecule is Cc1cc(=O)n(C2CC2)c2c1CN(C(=O)CC1CN(c3ccnc(C(F)(F)F)c3)C1)C2. The smallest absolute Gasteiger partial charge is 0.371 e. The first-order valence-electron chi connectivity index (χ1n) is 10.5. The molecule has 2 fully saturated rings. The number of pyridine rings is 2. The third-order valence-electron chi connectivity index (χ3n) is 6.47. The molecule has 0 bridgehead atoms. The van der Waals surface area contributed by atoms with Crippen LogP contribution in [0.4, 0.5) is 18.9 Å². The molecule has 2 aromatic rings. The fourth-order valence-electron chi connectivity index (χ4n) is 4.63. The van der Waals surface area contributed by atoms with E-state index in [2.05, 4.69) is 4.98 Å². The van der Waals surface area contributed by atoms with Gasteiger partial charge in [0.25, 0.3) is 5.56 Å². The molecular weight excluding hydrogens is 409 g/mol. The molecule has 9 heteroatoms. The molecule has 0 N–H and O–H groups in total. The Kier molecular flexibility index (Phi) is 4.60. The summed E-state index contributed by atoms with van der Waals surface area (Å²) in [7, 11) is 0. The number of aromatic nitrogens is 2. The van der Waals surface area contributed by atoms with Gasteiger partial charge >= 0.3 is 6.18 Å². The second-order valence-corrected chi connectivity index (χ2v) is 8.81. The normalized spacial score (nSPS) is 18.8. The first kappa shape index (κ1) is 20.1. The number of rotatable bonds is 4. The standard InChI is InChI=1S/C22H23F3N4O2/c1-13-6-21(31)29(15-2-3-15)18-12-28(11-17(13)18)20(30)7-14-9-27(10-14)16-4-5-26-19(8-16)22(23,24)25/h4-6,8,14-15H,2-3,7,9-12H2,1H3. The molecule has 3 aliphatic rings. The molecule has 1 saturated heterocycles. The number of hydrogen-bond donors (Lipinski definition) is 0. The van der Waals surface area contributed by atoms with Crippen molar-refractivity contribution in [1.29, 1.82) is 0 Å². The van der Waals surface area contributed by atoms with E-state index in [-0.39, 0.29) is 23.4 Å². The van der Waals surface area contributed by atoms with Crippen LogP contribution >= 0.6 is 0 Å². The Morgan fingerprint density at radius 2 is 1.94 bits per heavy atom. The highest BCUT2D eigenvalue weighted by Gasteiger charge is 2.37. The third kappa shape index (κ3) is 3.70. The van der Waals surface area contributed by atoms with Gasteiger partial charge < -0.3 is 14.4 Å². The Labute approximate surface area is 177 Å². The van der Waals surface area contributed by atoms with Crippen LogP contribution in [0.15, 0.2) is 29.2 Å². The number of carbonyl (C=O) groups excluding carboxylic acids is 1. The van der Waals surface area contributed by atoms with Crippen molar-refractivity contribution in [3.63, 3.8) is 0 Å². The number of amides is 1. The molecule has 0 atom stereocenters. The van der Waals surface area contributed by atoms with Gasteiger partial charge in [0.1, 0.15) is 5.69 Å². The predicted octanol–water partition coefficient (Wildman–Crippen LogP) is 3.27. The fraction of sp³-hybridized carbons (Fsp3) is 0.500. The van der Waals surface area contributed by atoms with E-state index in [1.54, 1.807) is 17.0 Å². The van der Waals surface area contributed by atoms with E-state index in [4.69, 9.17) is 0 Å². The summed E-state index contributed by atoms with van der Waals surface area (Å²) in [6.07, 6.45) is -0.937. The first-order chi connectivity index (χ1) is 14.7. The topological polar surface area (TPSA) is 58.4 Å². The lowest BCUT2D eigenvalue weighted by Crippen LogP contribution is -2.48. The van der Waals surface area contributed by atoms with E-state index in [9.17, 15) is 22.8 Å². The molecule has 1 saturated carbocycles. The van der Waals surface area contributed by atoms with Crippen LogP contribution < -0.4 is 10.5 Å². The number of halogens is 3. The van der Waals surface area contributed by atoms with E-state index in [0.29, 0.717) is 38.3 Å². The maximum Gasteiger partial charge on any atom is 0.433 e. The Morgan fingerprint density at radius 3 is 2.61 bits per heavy atom. The summed E-state index contributed by atoms with van der Waals surface area (Å²) in [4.78, 5) is 32.4. The molecule has 5 rings (SSSR count). The van der Waals surface area contributed by atoms with Crippen molar-refractivity contribution >= 4 is 11.6 Å². The van der Waals surface area contributed by atoms with E-state index < -0.39 is 11.9 Å². The summed E-state index contributed by atoms with van der Waals surface area (Å²) in [6, 6.07) is 4.54. The molecule has 31 heavy (non-hydrogen) atoms. The zero-order chi connectivity index (χ0) is 21.9. The highest BCUT2D eigenvalue weighted by Crippen LogP contribution is 2.38. The Bertz CT molecular complexity index is 1100. The Morgan fingerprint density at radius 1 is 1.19 bits per heavy atom.